The molecule has 0 radical (unpaired) electrons. The van der Waals surface area contributed by atoms with Crippen LogP contribution in [0.3, 0.4) is 0 Å². The van der Waals surface area contributed by atoms with E-state index in [2.05, 4.69) is 0 Å². The standard InChI is InChI=1S/C24H25O7PS/c1-2-3-14-32(20-10-6-4-7-11-20,21-12-8-5-9-13-21)31-33(29,30)22-16-18(23(25)26)15-19(17-22)24(27)28/h4-13,15-17,32H,2-3,14H2,1H3,(H,25,26)(H,27,28). The Morgan fingerprint density at radius 3 is 1.67 bits per heavy atom. The van der Waals surface area contributed by atoms with E-state index >= 15 is 0 Å². The first kappa shape index (κ1) is 24.6. The summed E-state index contributed by atoms with van der Waals surface area (Å²) in [5.41, 5.74) is -0.894. The van der Waals surface area contributed by atoms with Gasteiger partial charge in [0.1, 0.15) is 0 Å². The van der Waals surface area contributed by atoms with Crippen molar-refractivity contribution in [3.05, 3.63) is 90.0 Å². The molecule has 7 nitrogen and oxygen atoms in total. The number of unbranched alkanes of at least 4 members (excludes halogenated alkanes) is 1. The fourth-order valence-corrected chi connectivity index (χ4v) is 10.4. The molecule has 0 bridgehead atoms. The zero-order valence-electron chi connectivity index (χ0n) is 18.0. The van der Waals surface area contributed by atoms with E-state index in [0.717, 1.165) is 35.2 Å². The molecule has 2 N–H and O–H groups in total. The summed E-state index contributed by atoms with van der Waals surface area (Å²) >= 11 is 0. The summed E-state index contributed by atoms with van der Waals surface area (Å²) in [5, 5.41) is 20.2. The Morgan fingerprint density at radius 1 is 0.818 bits per heavy atom. The molecule has 3 rings (SSSR count). The molecule has 3 aromatic carbocycles. The molecule has 33 heavy (non-hydrogen) atoms. The Labute approximate surface area is 193 Å². The molecule has 3 aromatic rings. The van der Waals surface area contributed by atoms with Crippen molar-refractivity contribution < 1.29 is 32.2 Å². The number of aromatic carboxylic acids is 2. The van der Waals surface area contributed by atoms with Crippen molar-refractivity contribution in [2.75, 3.05) is 6.16 Å². The molecule has 0 aliphatic heterocycles. The molecule has 0 saturated carbocycles. The van der Waals surface area contributed by atoms with E-state index in [4.69, 9.17) is 3.97 Å². The Kier molecular flexibility index (Phi) is 7.64. The summed E-state index contributed by atoms with van der Waals surface area (Å²) in [6.07, 6.45) is 2.00. The fraction of sp³-hybridized carbons (Fsp3) is 0.167. The van der Waals surface area contributed by atoms with Crippen molar-refractivity contribution in [1.29, 1.82) is 0 Å². The van der Waals surface area contributed by atoms with Crippen molar-refractivity contribution >= 4 is 40.2 Å². The van der Waals surface area contributed by atoms with Crippen LogP contribution < -0.4 is 10.6 Å². The maximum atomic E-state index is 13.5. The summed E-state index contributed by atoms with van der Waals surface area (Å²) in [7, 11) is -7.88. The van der Waals surface area contributed by atoms with Crippen LogP contribution in [0.5, 0.6) is 0 Å². The van der Waals surface area contributed by atoms with Gasteiger partial charge in [-0.2, -0.15) is 0 Å². The van der Waals surface area contributed by atoms with Crippen LogP contribution >= 0.6 is 7.49 Å². The second-order valence-electron chi connectivity index (χ2n) is 7.56. The summed E-state index contributed by atoms with van der Waals surface area (Å²) in [6, 6.07) is 21.0. The zero-order valence-corrected chi connectivity index (χ0v) is 19.8. The van der Waals surface area contributed by atoms with Crippen LogP contribution in [0.15, 0.2) is 83.8 Å². The third-order valence-electron chi connectivity index (χ3n) is 5.30. The molecule has 0 fully saturated rings. The Hall–Kier alpha value is -3.06. The van der Waals surface area contributed by atoms with Crippen molar-refractivity contribution in [2.24, 2.45) is 0 Å². The molecular formula is C24H25O7PS. The zero-order chi connectivity index (χ0) is 24.1. The van der Waals surface area contributed by atoms with Gasteiger partial charge < -0.3 is 0 Å². The van der Waals surface area contributed by atoms with Gasteiger partial charge in [0.25, 0.3) is 0 Å². The number of benzene rings is 3. The third kappa shape index (κ3) is 5.47. The molecular weight excluding hydrogens is 463 g/mol. The first-order valence-electron chi connectivity index (χ1n) is 10.4. The second-order valence-corrected chi connectivity index (χ2v) is 12.9. The molecule has 0 atom stereocenters. The average molecular weight is 488 g/mol. The van der Waals surface area contributed by atoms with E-state index < -0.39 is 45.6 Å². The van der Waals surface area contributed by atoms with Gasteiger partial charge in [-0.3, -0.25) is 0 Å². The molecule has 0 amide bonds. The summed E-state index contributed by atoms with van der Waals surface area (Å²) in [5.74, 6) is -2.87. The van der Waals surface area contributed by atoms with Crippen molar-refractivity contribution in [1.82, 2.24) is 0 Å². The Bertz CT molecular complexity index is 1170. The van der Waals surface area contributed by atoms with Gasteiger partial charge in [-0.05, 0) is 0 Å². The molecule has 0 aliphatic rings. The quantitative estimate of drug-likeness (QED) is 0.416. The second kappa shape index (κ2) is 10.3. The minimum atomic E-state index is -4.52. The van der Waals surface area contributed by atoms with Crippen molar-refractivity contribution in [3.63, 3.8) is 0 Å². The predicted octanol–water partition coefficient (Wildman–Crippen LogP) is 3.90. The summed E-state index contributed by atoms with van der Waals surface area (Å²) < 4.78 is 33.1. The van der Waals surface area contributed by atoms with Gasteiger partial charge in [-0.15, -0.1) is 0 Å². The fourth-order valence-electron chi connectivity index (χ4n) is 3.66. The van der Waals surface area contributed by atoms with Gasteiger partial charge in [0.05, 0.1) is 0 Å². The van der Waals surface area contributed by atoms with Gasteiger partial charge in [0.2, 0.25) is 0 Å². The average Bonchev–Trinajstić information content (AvgIpc) is 2.82. The van der Waals surface area contributed by atoms with E-state index in [9.17, 15) is 28.2 Å². The van der Waals surface area contributed by atoms with Crippen LogP contribution in [0, 0.1) is 0 Å². The van der Waals surface area contributed by atoms with Gasteiger partial charge in [-0.25, -0.2) is 0 Å². The number of carbonyl (C=O) groups is 2. The number of carboxylic acids is 2. The molecule has 0 unspecified atom stereocenters. The number of hydrogen-bond donors (Lipinski definition) is 2. The van der Waals surface area contributed by atoms with Gasteiger partial charge in [0.15, 0.2) is 0 Å². The van der Waals surface area contributed by atoms with E-state index in [1.54, 1.807) is 0 Å². The minimum absolute atomic E-state index is 0.447. The van der Waals surface area contributed by atoms with Crippen LogP contribution in [0.4, 0.5) is 0 Å². The van der Waals surface area contributed by atoms with E-state index in [0.29, 0.717) is 12.6 Å². The molecule has 0 heterocycles. The normalized spacial score (nSPS) is 12.3. The number of hydrogen-bond acceptors (Lipinski definition) is 5. The van der Waals surface area contributed by atoms with E-state index in [1.165, 1.54) is 0 Å². The molecule has 0 aromatic heterocycles. The molecule has 0 spiro atoms. The van der Waals surface area contributed by atoms with Crippen LogP contribution in [-0.4, -0.2) is 36.7 Å². The molecule has 0 aliphatic carbocycles. The number of rotatable bonds is 10. The topological polar surface area (TPSA) is 118 Å². The first-order chi connectivity index (χ1) is 15.7. The third-order valence-corrected chi connectivity index (χ3v) is 11.7. The predicted molar refractivity (Wildman–Crippen MR) is 129 cm³/mol. The van der Waals surface area contributed by atoms with E-state index in [-0.39, 0.29) is 0 Å². The van der Waals surface area contributed by atoms with Gasteiger partial charge >= 0.3 is 193 Å². The van der Waals surface area contributed by atoms with Gasteiger partial charge in [0, 0.05) is 0 Å². The van der Waals surface area contributed by atoms with Crippen LogP contribution in [0.1, 0.15) is 40.5 Å². The number of carboxylic acid groups (broad SMARTS) is 2. The Morgan fingerprint density at radius 2 is 1.27 bits per heavy atom. The maximum absolute atomic E-state index is 13.5. The molecule has 174 valence electrons. The van der Waals surface area contributed by atoms with Crippen molar-refractivity contribution in [3.8, 4) is 0 Å². The summed E-state index contributed by atoms with van der Waals surface area (Å²) in [4.78, 5) is 22.5. The van der Waals surface area contributed by atoms with Crippen molar-refractivity contribution in [2.45, 2.75) is 24.7 Å². The SMILES string of the molecule is CCCC[PH](OS(=O)(=O)c1cc(C(=O)O)cc(C(=O)O)c1)(c1ccccc1)c1ccccc1. The first-order valence-corrected chi connectivity index (χ1v) is 13.9. The molecule has 9 heteroatoms. The van der Waals surface area contributed by atoms with E-state index in [1.807, 2.05) is 67.6 Å². The van der Waals surface area contributed by atoms with Gasteiger partial charge in [-0.1, -0.05) is 0 Å². The monoisotopic (exact) mass is 488 g/mol. The summed E-state index contributed by atoms with van der Waals surface area (Å²) in [6.45, 7) is 2.00. The van der Waals surface area contributed by atoms with Crippen LogP contribution in [0.25, 0.3) is 0 Å². The van der Waals surface area contributed by atoms with Crippen LogP contribution in [0.2, 0.25) is 0 Å². The Balaban J connectivity index is 2.23. The molecule has 0 saturated heterocycles. The van der Waals surface area contributed by atoms with Crippen LogP contribution in [-0.2, 0) is 14.1 Å².